The van der Waals surface area contributed by atoms with E-state index >= 15 is 0 Å². The van der Waals surface area contributed by atoms with Crippen molar-refractivity contribution in [3.8, 4) is 0 Å². The first kappa shape index (κ1) is 14.3. The molecule has 0 aliphatic rings. The van der Waals surface area contributed by atoms with Crippen molar-refractivity contribution in [1.29, 1.82) is 0 Å². The molecule has 1 aromatic carbocycles. The standard InChI is InChI=1S/C15H20O3/c1-5-17-15(16)18-12(4)10-13-6-8-14(9-7-13)11(2)3/h5-9,11-12H,1,10H2,2-4H3. The highest BCUT2D eigenvalue weighted by molar-refractivity contribution is 5.60. The van der Waals surface area contributed by atoms with E-state index in [0.29, 0.717) is 12.3 Å². The van der Waals surface area contributed by atoms with Crippen LogP contribution in [0.2, 0.25) is 0 Å². The molecular formula is C15H20O3. The molecule has 0 spiro atoms. The minimum absolute atomic E-state index is 0.220. The van der Waals surface area contributed by atoms with Crippen molar-refractivity contribution < 1.29 is 14.3 Å². The highest BCUT2D eigenvalue weighted by Crippen LogP contribution is 2.16. The molecule has 0 aliphatic carbocycles. The van der Waals surface area contributed by atoms with Gasteiger partial charge >= 0.3 is 6.16 Å². The van der Waals surface area contributed by atoms with E-state index in [-0.39, 0.29) is 6.10 Å². The molecule has 1 atom stereocenters. The molecule has 0 saturated carbocycles. The Kier molecular flexibility index (Phi) is 5.43. The van der Waals surface area contributed by atoms with Crippen LogP contribution in [0, 0.1) is 0 Å². The predicted molar refractivity (Wildman–Crippen MR) is 71.5 cm³/mol. The molecule has 0 saturated heterocycles. The van der Waals surface area contributed by atoms with Gasteiger partial charge < -0.3 is 9.47 Å². The lowest BCUT2D eigenvalue weighted by atomic mass is 10.00. The van der Waals surface area contributed by atoms with Crippen molar-refractivity contribution in [2.24, 2.45) is 0 Å². The van der Waals surface area contributed by atoms with Gasteiger partial charge in [-0.1, -0.05) is 44.7 Å². The van der Waals surface area contributed by atoms with Crippen LogP contribution < -0.4 is 0 Å². The third-order valence-electron chi connectivity index (χ3n) is 2.65. The molecule has 0 aliphatic heterocycles. The molecule has 1 unspecified atom stereocenters. The molecule has 0 radical (unpaired) electrons. The van der Waals surface area contributed by atoms with Crippen molar-refractivity contribution in [1.82, 2.24) is 0 Å². The normalized spacial score (nSPS) is 12.0. The molecule has 0 N–H and O–H groups in total. The van der Waals surface area contributed by atoms with Gasteiger partial charge in [0.2, 0.25) is 0 Å². The lowest BCUT2D eigenvalue weighted by Gasteiger charge is -2.13. The van der Waals surface area contributed by atoms with Gasteiger partial charge in [0.1, 0.15) is 6.10 Å². The number of benzene rings is 1. The second-order valence-corrected chi connectivity index (χ2v) is 4.56. The summed E-state index contributed by atoms with van der Waals surface area (Å²) in [6.07, 6.45) is 0.801. The average molecular weight is 248 g/mol. The van der Waals surface area contributed by atoms with Crippen LogP contribution in [0.3, 0.4) is 0 Å². The Hall–Kier alpha value is -1.77. The Labute approximate surface area is 108 Å². The minimum Gasteiger partial charge on any atom is -0.431 e. The Balaban J connectivity index is 2.51. The zero-order valence-corrected chi connectivity index (χ0v) is 11.2. The summed E-state index contributed by atoms with van der Waals surface area (Å²) >= 11 is 0. The Morgan fingerprint density at radius 2 is 1.89 bits per heavy atom. The molecular weight excluding hydrogens is 228 g/mol. The number of carbonyl (C=O) groups excluding carboxylic acids is 1. The Morgan fingerprint density at radius 3 is 2.39 bits per heavy atom. The van der Waals surface area contributed by atoms with E-state index in [4.69, 9.17) is 4.74 Å². The molecule has 0 amide bonds. The third-order valence-corrected chi connectivity index (χ3v) is 2.65. The van der Waals surface area contributed by atoms with Crippen LogP contribution in [-0.2, 0) is 15.9 Å². The first-order chi connectivity index (χ1) is 8.52. The van der Waals surface area contributed by atoms with Crippen molar-refractivity contribution in [2.75, 3.05) is 0 Å². The monoisotopic (exact) mass is 248 g/mol. The van der Waals surface area contributed by atoms with Gasteiger partial charge in [-0.05, 0) is 24.0 Å². The molecule has 1 rings (SSSR count). The van der Waals surface area contributed by atoms with E-state index in [1.807, 2.05) is 6.92 Å². The van der Waals surface area contributed by atoms with Crippen LogP contribution in [0.25, 0.3) is 0 Å². The van der Waals surface area contributed by atoms with Crippen LogP contribution in [0.15, 0.2) is 37.1 Å². The zero-order chi connectivity index (χ0) is 13.5. The first-order valence-corrected chi connectivity index (χ1v) is 6.10. The quantitative estimate of drug-likeness (QED) is 0.582. The largest absolute Gasteiger partial charge is 0.513 e. The third kappa shape index (κ3) is 4.62. The summed E-state index contributed by atoms with van der Waals surface area (Å²) < 4.78 is 9.54. The summed E-state index contributed by atoms with van der Waals surface area (Å²) in [6, 6.07) is 8.34. The second kappa shape index (κ2) is 6.84. The lowest BCUT2D eigenvalue weighted by Crippen LogP contribution is -2.16. The van der Waals surface area contributed by atoms with Gasteiger partial charge in [0.05, 0.1) is 6.26 Å². The average Bonchev–Trinajstić information content (AvgIpc) is 2.29. The fourth-order valence-electron chi connectivity index (χ4n) is 1.67. The van der Waals surface area contributed by atoms with Gasteiger partial charge in [-0.25, -0.2) is 4.79 Å². The summed E-state index contributed by atoms with van der Waals surface area (Å²) in [4.78, 5) is 11.1. The fourth-order valence-corrected chi connectivity index (χ4v) is 1.67. The van der Waals surface area contributed by atoms with Crippen molar-refractivity contribution in [2.45, 2.75) is 39.2 Å². The summed E-state index contributed by atoms with van der Waals surface area (Å²) in [6.45, 7) is 9.45. The molecule has 0 heterocycles. The molecule has 1 aromatic rings. The zero-order valence-electron chi connectivity index (χ0n) is 11.2. The van der Waals surface area contributed by atoms with E-state index in [1.165, 1.54) is 5.56 Å². The highest BCUT2D eigenvalue weighted by atomic mass is 16.7. The maximum Gasteiger partial charge on any atom is 0.513 e. The van der Waals surface area contributed by atoms with Crippen molar-refractivity contribution in [3.63, 3.8) is 0 Å². The maximum absolute atomic E-state index is 11.1. The van der Waals surface area contributed by atoms with Crippen molar-refractivity contribution >= 4 is 6.16 Å². The Morgan fingerprint density at radius 1 is 1.28 bits per heavy atom. The fraction of sp³-hybridized carbons (Fsp3) is 0.400. The van der Waals surface area contributed by atoms with Gasteiger partial charge in [-0.3, -0.25) is 0 Å². The summed E-state index contributed by atoms with van der Waals surface area (Å²) in [5, 5.41) is 0. The SMILES string of the molecule is C=COC(=O)OC(C)Cc1ccc(C(C)C)cc1. The van der Waals surface area contributed by atoms with Crippen molar-refractivity contribution in [3.05, 3.63) is 48.2 Å². The number of rotatable bonds is 5. The van der Waals surface area contributed by atoms with Gasteiger partial charge in [-0.15, -0.1) is 0 Å². The summed E-state index contributed by atoms with van der Waals surface area (Å²) in [5.74, 6) is 0.523. The number of ether oxygens (including phenoxy) is 2. The van der Waals surface area contributed by atoms with Crippen LogP contribution in [0.1, 0.15) is 37.8 Å². The molecule has 0 fully saturated rings. The summed E-state index contributed by atoms with van der Waals surface area (Å²) in [5.41, 5.74) is 2.44. The van der Waals surface area contributed by atoms with E-state index in [1.54, 1.807) is 0 Å². The van der Waals surface area contributed by atoms with Crippen LogP contribution >= 0.6 is 0 Å². The number of hydrogen-bond donors (Lipinski definition) is 0. The second-order valence-electron chi connectivity index (χ2n) is 4.56. The summed E-state index contributed by atoms with van der Waals surface area (Å²) in [7, 11) is 0. The van der Waals surface area contributed by atoms with Gasteiger partial charge in [0, 0.05) is 6.42 Å². The Bertz CT molecular complexity index is 393. The van der Waals surface area contributed by atoms with E-state index in [0.717, 1.165) is 11.8 Å². The van der Waals surface area contributed by atoms with Crippen LogP contribution in [0.4, 0.5) is 4.79 Å². The lowest BCUT2D eigenvalue weighted by molar-refractivity contribution is 0.0539. The molecule has 98 valence electrons. The molecule has 3 nitrogen and oxygen atoms in total. The van der Waals surface area contributed by atoms with E-state index in [9.17, 15) is 4.79 Å². The van der Waals surface area contributed by atoms with Crippen LogP contribution in [-0.4, -0.2) is 12.3 Å². The van der Waals surface area contributed by atoms with Crippen LogP contribution in [0.5, 0.6) is 0 Å². The topological polar surface area (TPSA) is 35.5 Å². The molecule has 0 aromatic heterocycles. The first-order valence-electron chi connectivity index (χ1n) is 6.10. The predicted octanol–water partition coefficient (Wildman–Crippen LogP) is 4.04. The minimum atomic E-state index is -0.712. The van der Waals surface area contributed by atoms with E-state index < -0.39 is 6.16 Å². The highest BCUT2D eigenvalue weighted by Gasteiger charge is 2.10. The molecule has 18 heavy (non-hydrogen) atoms. The van der Waals surface area contributed by atoms with E-state index in [2.05, 4.69) is 49.4 Å². The maximum atomic E-state index is 11.1. The number of hydrogen-bond acceptors (Lipinski definition) is 3. The van der Waals surface area contributed by atoms with Gasteiger partial charge in [0.15, 0.2) is 0 Å². The van der Waals surface area contributed by atoms with Gasteiger partial charge in [0.25, 0.3) is 0 Å². The van der Waals surface area contributed by atoms with Gasteiger partial charge in [-0.2, -0.15) is 0 Å². The number of carbonyl (C=O) groups is 1. The molecule has 0 bridgehead atoms. The smallest absolute Gasteiger partial charge is 0.431 e. The molecule has 3 heteroatoms.